The van der Waals surface area contributed by atoms with Gasteiger partial charge < -0.3 is 5.32 Å². The van der Waals surface area contributed by atoms with Crippen LogP contribution in [0, 0.1) is 11.8 Å². The number of hydrogen-bond acceptors (Lipinski definition) is 3. The average molecular weight is 409 g/mol. The Kier molecular flexibility index (Phi) is 4.28. The maximum atomic E-state index is 13.1. The normalized spacial score (nSPS) is 25.9. The van der Waals surface area contributed by atoms with Crippen LogP contribution in [0.25, 0.3) is 11.1 Å². The Morgan fingerprint density at radius 1 is 1.14 bits per heavy atom. The molecule has 2 saturated carbocycles. The molecule has 0 unspecified atom stereocenters. The number of anilines is 1. The van der Waals surface area contributed by atoms with Crippen molar-refractivity contribution in [3.8, 4) is 11.1 Å². The minimum Gasteiger partial charge on any atom is -0.349 e. The molecule has 29 heavy (non-hydrogen) atoms. The molecule has 0 spiro atoms. The highest BCUT2D eigenvalue weighted by Crippen LogP contribution is 2.45. The van der Waals surface area contributed by atoms with E-state index in [-0.39, 0.29) is 23.4 Å². The topological polar surface area (TPSA) is 66.5 Å². The third kappa shape index (κ3) is 2.89. The number of carbonyl (C=O) groups excluding carboxylic acids is 1. The lowest BCUT2D eigenvalue weighted by Crippen LogP contribution is -2.38. The van der Waals surface area contributed by atoms with Crippen LogP contribution in [-0.2, 0) is 10.0 Å². The molecule has 2 fully saturated rings. The second-order valence-corrected chi connectivity index (χ2v) is 10.1. The van der Waals surface area contributed by atoms with Crippen molar-refractivity contribution in [2.75, 3.05) is 10.8 Å². The number of fused-ring (bicyclic) bond motifs is 5. The number of sulfonamides is 1. The van der Waals surface area contributed by atoms with Crippen LogP contribution < -0.4 is 9.62 Å². The van der Waals surface area contributed by atoms with Gasteiger partial charge in [0.25, 0.3) is 15.9 Å². The summed E-state index contributed by atoms with van der Waals surface area (Å²) in [6.45, 7) is 3.88. The number of nitrogens with zero attached hydrogens (tertiary/aromatic N) is 1. The highest BCUT2D eigenvalue weighted by atomic mass is 32.2. The van der Waals surface area contributed by atoms with Gasteiger partial charge in [-0.2, -0.15) is 0 Å². The Hall–Kier alpha value is -2.60. The molecule has 0 aromatic heterocycles. The first kappa shape index (κ1) is 18.4. The first-order valence-corrected chi connectivity index (χ1v) is 11.6. The number of nitrogens with one attached hydrogen (secondary N) is 1. The summed E-state index contributed by atoms with van der Waals surface area (Å²) in [5.41, 5.74) is 2.55. The van der Waals surface area contributed by atoms with Gasteiger partial charge in [0, 0.05) is 22.7 Å². The van der Waals surface area contributed by atoms with Crippen LogP contribution in [0.15, 0.2) is 60.0 Å². The third-order valence-electron chi connectivity index (χ3n) is 6.62. The second-order valence-electron chi connectivity index (χ2n) is 8.31. The fourth-order valence-corrected chi connectivity index (χ4v) is 6.92. The van der Waals surface area contributed by atoms with Crippen molar-refractivity contribution in [1.29, 1.82) is 0 Å². The van der Waals surface area contributed by atoms with Crippen molar-refractivity contribution in [3.05, 3.63) is 60.7 Å². The first-order chi connectivity index (χ1) is 14.0. The van der Waals surface area contributed by atoms with Gasteiger partial charge in [0.05, 0.1) is 17.1 Å². The van der Waals surface area contributed by atoms with E-state index in [9.17, 15) is 13.2 Å². The van der Waals surface area contributed by atoms with Gasteiger partial charge in [0.1, 0.15) is 0 Å². The standard InChI is InChI=1S/C23H24N2O3S/c1-2-11-25-21-10-9-17(23(26)24-20-13-15-7-8-16(20)12-15)14-19(21)18-5-3-4-6-22(18)29(25,27)28/h2-6,9-10,14-16,20H,1,7-8,11-13H2,(H,24,26)/t15-,16-,20-/m0/s1. The van der Waals surface area contributed by atoms with Crippen molar-refractivity contribution in [1.82, 2.24) is 5.32 Å². The minimum atomic E-state index is -3.65. The number of rotatable bonds is 4. The van der Waals surface area contributed by atoms with Crippen molar-refractivity contribution in [2.45, 2.75) is 36.6 Å². The predicted octanol–water partition coefficient (Wildman–Crippen LogP) is 3.97. The monoisotopic (exact) mass is 408 g/mol. The Bertz CT molecular complexity index is 1110. The van der Waals surface area contributed by atoms with E-state index in [2.05, 4.69) is 11.9 Å². The molecule has 3 aliphatic rings. The number of benzene rings is 2. The minimum absolute atomic E-state index is 0.0773. The molecule has 0 radical (unpaired) electrons. The molecule has 150 valence electrons. The highest BCUT2D eigenvalue weighted by molar-refractivity contribution is 7.93. The Balaban J connectivity index is 1.53. The second kappa shape index (κ2) is 6.73. The fourth-order valence-electron chi connectivity index (χ4n) is 5.26. The number of amides is 1. The van der Waals surface area contributed by atoms with Crippen molar-refractivity contribution >= 4 is 21.6 Å². The molecule has 1 heterocycles. The smallest absolute Gasteiger partial charge is 0.265 e. The van der Waals surface area contributed by atoms with Crippen LogP contribution in [0.1, 0.15) is 36.0 Å². The lowest BCUT2D eigenvalue weighted by molar-refractivity contribution is 0.0923. The van der Waals surface area contributed by atoms with Gasteiger partial charge in [-0.3, -0.25) is 9.10 Å². The Morgan fingerprint density at radius 3 is 2.69 bits per heavy atom. The Morgan fingerprint density at radius 2 is 1.97 bits per heavy atom. The molecular weight excluding hydrogens is 384 g/mol. The maximum Gasteiger partial charge on any atom is 0.265 e. The highest BCUT2D eigenvalue weighted by Gasteiger charge is 2.40. The van der Waals surface area contributed by atoms with E-state index < -0.39 is 10.0 Å². The van der Waals surface area contributed by atoms with Gasteiger partial charge in [0.15, 0.2) is 0 Å². The first-order valence-electron chi connectivity index (χ1n) is 10.2. The molecule has 0 saturated heterocycles. The van der Waals surface area contributed by atoms with E-state index in [4.69, 9.17) is 0 Å². The van der Waals surface area contributed by atoms with E-state index in [1.54, 1.807) is 36.4 Å². The van der Waals surface area contributed by atoms with Crippen LogP contribution in [0.3, 0.4) is 0 Å². The zero-order chi connectivity index (χ0) is 20.2. The van der Waals surface area contributed by atoms with Crippen LogP contribution in [-0.4, -0.2) is 26.9 Å². The fraction of sp³-hybridized carbons (Fsp3) is 0.348. The molecule has 2 aromatic rings. The largest absolute Gasteiger partial charge is 0.349 e. The van der Waals surface area contributed by atoms with Gasteiger partial charge in [-0.05, 0) is 55.4 Å². The summed E-state index contributed by atoms with van der Waals surface area (Å²) in [6.07, 6.45) is 6.39. The summed E-state index contributed by atoms with van der Waals surface area (Å²) in [4.78, 5) is 13.2. The van der Waals surface area contributed by atoms with E-state index in [1.165, 1.54) is 23.6 Å². The van der Waals surface area contributed by atoms with Crippen molar-refractivity contribution in [3.63, 3.8) is 0 Å². The SMILES string of the molecule is C=CCN1c2ccc(C(=O)N[C@H]3C[C@H]4CC[C@H]3C4)cc2-c2ccccc2S1(=O)=O. The van der Waals surface area contributed by atoms with Gasteiger partial charge in [-0.1, -0.05) is 30.7 Å². The third-order valence-corrected chi connectivity index (χ3v) is 8.46. The van der Waals surface area contributed by atoms with Gasteiger partial charge in [-0.15, -0.1) is 6.58 Å². The zero-order valence-corrected chi connectivity index (χ0v) is 17.0. The molecule has 2 aliphatic carbocycles. The number of carbonyl (C=O) groups is 1. The van der Waals surface area contributed by atoms with E-state index in [0.29, 0.717) is 22.7 Å². The average Bonchev–Trinajstić information content (AvgIpc) is 3.34. The molecule has 5 rings (SSSR count). The predicted molar refractivity (Wildman–Crippen MR) is 113 cm³/mol. The zero-order valence-electron chi connectivity index (χ0n) is 16.2. The molecule has 1 amide bonds. The van der Waals surface area contributed by atoms with Crippen LogP contribution in [0.4, 0.5) is 5.69 Å². The summed E-state index contributed by atoms with van der Waals surface area (Å²) < 4.78 is 27.5. The van der Waals surface area contributed by atoms with Crippen LogP contribution in [0.5, 0.6) is 0 Å². The van der Waals surface area contributed by atoms with E-state index in [0.717, 1.165) is 17.9 Å². The summed E-state index contributed by atoms with van der Waals surface area (Å²) in [5, 5.41) is 3.22. The molecule has 3 atom stereocenters. The summed E-state index contributed by atoms with van der Waals surface area (Å²) >= 11 is 0. The van der Waals surface area contributed by atoms with Crippen molar-refractivity contribution < 1.29 is 13.2 Å². The molecule has 1 N–H and O–H groups in total. The van der Waals surface area contributed by atoms with Crippen LogP contribution >= 0.6 is 0 Å². The van der Waals surface area contributed by atoms with Gasteiger partial charge >= 0.3 is 0 Å². The summed E-state index contributed by atoms with van der Waals surface area (Å²) in [5.74, 6) is 1.29. The van der Waals surface area contributed by atoms with Crippen molar-refractivity contribution in [2.24, 2.45) is 11.8 Å². The Labute approximate surface area is 171 Å². The van der Waals surface area contributed by atoms with E-state index >= 15 is 0 Å². The molecule has 1 aliphatic heterocycles. The lowest BCUT2D eigenvalue weighted by atomic mass is 9.94. The molecule has 5 nitrogen and oxygen atoms in total. The van der Waals surface area contributed by atoms with Crippen LogP contribution in [0.2, 0.25) is 0 Å². The molecule has 6 heteroatoms. The number of hydrogen-bond donors (Lipinski definition) is 1. The molecular formula is C23H24N2O3S. The molecule has 2 bridgehead atoms. The maximum absolute atomic E-state index is 13.1. The summed E-state index contributed by atoms with van der Waals surface area (Å²) in [6, 6.07) is 12.5. The van der Waals surface area contributed by atoms with Gasteiger partial charge in [0.2, 0.25) is 0 Å². The molecule has 2 aromatic carbocycles. The summed E-state index contributed by atoms with van der Waals surface area (Å²) in [7, 11) is -3.65. The van der Waals surface area contributed by atoms with Gasteiger partial charge in [-0.25, -0.2) is 8.42 Å². The lowest BCUT2D eigenvalue weighted by Gasteiger charge is -2.31. The van der Waals surface area contributed by atoms with E-state index in [1.807, 2.05) is 12.1 Å². The quantitative estimate of drug-likeness (QED) is 0.779.